The van der Waals surface area contributed by atoms with Crippen LogP contribution in [0, 0.1) is 6.92 Å². The molecule has 2 heteroatoms. The van der Waals surface area contributed by atoms with Gasteiger partial charge in [0.05, 0.1) is 0 Å². The van der Waals surface area contributed by atoms with Crippen molar-refractivity contribution in [3.05, 3.63) is 65.2 Å². The highest BCUT2D eigenvalue weighted by Crippen LogP contribution is 2.39. The summed E-state index contributed by atoms with van der Waals surface area (Å²) >= 11 is 1.94. The Bertz CT molecular complexity index is 579. The fourth-order valence-corrected chi connectivity index (χ4v) is 4.01. The third-order valence-corrected chi connectivity index (χ3v) is 5.43. The Morgan fingerprint density at radius 2 is 1.79 bits per heavy atom. The van der Waals surface area contributed by atoms with E-state index < -0.39 is 0 Å². The Hall–Kier alpha value is -1.25. The predicted molar refractivity (Wildman–Crippen MR) is 82.5 cm³/mol. The molecular formula is C17H19NS. The van der Waals surface area contributed by atoms with Gasteiger partial charge in [-0.2, -0.15) is 0 Å². The largest absolute Gasteiger partial charge is 0.323 e. The molecule has 0 aliphatic heterocycles. The molecule has 0 fully saturated rings. The molecule has 2 aromatic rings. The molecule has 0 bridgehead atoms. The van der Waals surface area contributed by atoms with E-state index in [0.29, 0.717) is 5.25 Å². The highest BCUT2D eigenvalue weighted by Gasteiger charge is 2.27. The van der Waals surface area contributed by atoms with Crippen LogP contribution in [0.2, 0.25) is 0 Å². The lowest BCUT2D eigenvalue weighted by atomic mass is 9.88. The standard InChI is InChI=1S/C17H19NS/c1-12-6-2-5-9-15(12)19-16-11-10-13-7-3-4-8-14(13)17(16)18/h2-9,16-17H,10-11,18H2,1H3. The molecule has 0 heterocycles. The van der Waals surface area contributed by atoms with Crippen LogP contribution >= 0.6 is 11.8 Å². The molecule has 98 valence electrons. The first kappa shape index (κ1) is 12.8. The number of aryl methyl sites for hydroxylation is 2. The third-order valence-electron chi connectivity index (χ3n) is 3.88. The second kappa shape index (κ2) is 5.40. The zero-order valence-corrected chi connectivity index (χ0v) is 12.0. The number of nitrogens with two attached hydrogens (primary N) is 1. The van der Waals surface area contributed by atoms with E-state index >= 15 is 0 Å². The van der Waals surface area contributed by atoms with Gasteiger partial charge in [0, 0.05) is 16.2 Å². The van der Waals surface area contributed by atoms with Crippen molar-refractivity contribution in [1.82, 2.24) is 0 Å². The second-order valence-electron chi connectivity index (χ2n) is 5.19. The molecule has 2 aromatic carbocycles. The van der Waals surface area contributed by atoms with Gasteiger partial charge in [0.15, 0.2) is 0 Å². The lowest BCUT2D eigenvalue weighted by Crippen LogP contribution is -2.29. The van der Waals surface area contributed by atoms with E-state index in [1.54, 1.807) is 0 Å². The zero-order valence-electron chi connectivity index (χ0n) is 11.2. The number of rotatable bonds is 2. The minimum atomic E-state index is 0.148. The van der Waals surface area contributed by atoms with Crippen LogP contribution in [-0.2, 0) is 6.42 Å². The normalized spacial score (nSPS) is 22.0. The van der Waals surface area contributed by atoms with Crippen molar-refractivity contribution < 1.29 is 0 Å². The molecule has 0 saturated heterocycles. The molecule has 2 N–H and O–H groups in total. The van der Waals surface area contributed by atoms with Crippen LogP contribution in [0.15, 0.2) is 53.4 Å². The van der Waals surface area contributed by atoms with Crippen molar-refractivity contribution in [2.75, 3.05) is 0 Å². The van der Waals surface area contributed by atoms with Gasteiger partial charge in [0.25, 0.3) is 0 Å². The van der Waals surface area contributed by atoms with Crippen molar-refractivity contribution >= 4 is 11.8 Å². The summed E-state index contributed by atoms with van der Waals surface area (Å²) in [4.78, 5) is 1.36. The van der Waals surface area contributed by atoms with Gasteiger partial charge in [0.1, 0.15) is 0 Å². The van der Waals surface area contributed by atoms with Crippen LogP contribution < -0.4 is 5.73 Å². The van der Waals surface area contributed by atoms with Gasteiger partial charge >= 0.3 is 0 Å². The molecular weight excluding hydrogens is 250 g/mol. The smallest absolute Gasteiger partial charge is 0.0421 e. The third kappa shape index (κ3) is 2.56. The number of benzene rings is 2. The van der Waals surface area contributed by atoms with Crippen LogP contribution in [0.3, 0.4) is 0 Å². The van der Waals surface area contributed by atoms with Crippen LogP contribution in [0.1, 0.15) is 29.2 Å². The summed E-state index contributed by atoms with van der Waals surface area (Å²) in [6.45, 7) is 2.17. The molecule has 0 spiro atoms. The minimum Gasteiger partial charge on any atom is -0.323 e. The molecule has 19 heavy (non-hydrogen) atoms. The summed E-state index contributed by atoms with van der Waals surface area (Å²) in [5.74, 6) is 0. The van der Waals surface area contributed by atoms with Crippen LogP contribution in [-0.4, -0.2) is 5.25 Å². The van der Waals surface area contributed by atoms with Gasteiger partial charge in [-0.3, -0.25) is 0 Å². The minimum absolute atomic E-state index is 0.148. The lowest BCUT2D eigenvalue weighted by molar-refractivity contribution is 0.587. The topological polar surface area (TPSA) is 26.0 Å². The van der Waals surface area contributed by atoms with E-state index in [1.165, 1.54) is 21.6 Å². The maximum Gasteiger partial charge on any atom is 0.0421 e. The first-order valence-corrected chi connectivity index (χ1v) is 7.69. The summed E-state index contributed by atoms with van der Waals surface area (Å²) in [7, 11) is 0. The molecule has 3 rings (SSSR count). The van der Waals surface area contributed by atoms with Crippen LogP contribution in [0.4, 0.5) is 0 Å². The number of hydrogen-bond donors (Lipinski definition) is 1. The van der Waals surface area contributed by atoms with Crippen LogP contribution in [0.25, 0.3) is 0 Å². The summed E-state index contributed by atoms with van der Waals surface area (Å²) in [6.07, 6.45) is 2.31. The molecule has 1 nitrogen and oxygen atoms in total. The molecule has 2 unspecified atom stereocenters. The monoisotopic (exact) mass is 269 g/mol. The Balaban J connectivity index is 1.83. The SMILES string of the molecule is Cc1ccccc1SC1CCc2ccccc2C1N. The van der Waals surface area contributed by atoms with E-state index in [1.807, 2.05) is 11.8 Å². The summed E-state index contributed by atoms with van der Waals surface area (Å²) in [6, 6.07) is 17.3. The molecule has 1 aliphatic carbocycles. The van der Waals surface area contributed by atoms with Gasteiger partial charge < -0.3 is 5.73 Å². The number of hydrogen-bond acceptors (Lipinski definition) is 2. The van der Waals surface area contributed by atoms with Crippen molar-refractivity contribution in [3.8, 4) is 0 Å². The summed E-state index contributed by atoms with van der Waals surface area (Å²) < 4.78 is 0. The van der Waals surface area contributed by atoms with E-state index in [2.05, 4.69) is 55.5 Å². The number of thioether (sulfide) groups is 1. The maximum absolute atomic E-state index is 6.47. The van der Waals surface area contributed by atoms with Crippen molar-refractivity contribution in [2.45, 2.75) is 36.0 Å². The Labute approximate surface area is 119 Å². The molecule has 0 amide bonds. The number of fused-ring (bicyclic) bond motifs is 1. The van der Waals surface area contributed by atoms with E-state index in [9.17, 15) is 0 Å². The van der Waals surface area contributed by atoms with Gasteiger partial charge in [-0.25, -0.2) is 0 Å². The molecule has 0 saturated carbocycles. The van der Waals surface area contributed by atoms with Crippen molar-refractivity contribution in [2.24, 2.45) is 5.73 Å². The summed E-state index contributed by atoms with van der Waals surface area (Å²) in [5, 5.41) is 0.482. The van der Waals surface area contributed by atoms with Gasteiger partial charge in [-0.1, -0.05) is 42.5 Å². The second-order valence-corrected chi connectivity index (χ2v) is 6.47. The van der Waals surface area contributed by atoms with Gasteiger partial charge in [-0.15, -0.1) is 11.8 Å². The molecule has 0 radical (unpaired) electrons. The van der Waals surface area contributed by atoms with Crippen LogP contribution in [0.5, 0.6) is 0 Å². The summed E-state index contributed by atoms with van der Waals surface area (Å²) in [5.41, 5.74) is 10.6. The fourth-order valence-electron chi connectivity index (χ4n) is 2.75. The molecule has 1 aliphatic rings. The Morgan fingerprint density at radius 3 is 2.63 bits per heavy atom. The van der Waals surface area contributed by atoms with E-state index in [4.69, 9.17) is 5.73 Å². The van der Waals surface area contributed by atoms with Gasteiger partial charge in [0.2, 0.25) is 0 Å². The lowest BCUT2D eigenvalue weighted by Gasteiger charge is -2.30. The average Bonchev–Trinajstić information content (AvgIpc) is 2.44. The highest BCUT2D eigenvalue weighted by atomic mass is 32.2. The predicted octanol–water partition coefficient (Wildman–Crippen LogP) is 4.10. The fraction of sp³-hybridized carbons (Fsp3) is 0.294. The van der Waals surface area contributed by atoms with E-state index in [0.717, 1.165) is 12.8 Å². The zero-order chi connectivity index (χ0) is 13.2. The quantitative estimate of drug-likeness (QED) is 0.888. The first-order chi connectivity index (χ1) is 9.25. The Morgan fingerprint density at radius 1 is 1.05 bits per heavy atom. The van der Waals surface area contributed by atoms with Gasteiger partial charge in [-0.05, 0) is 42.5 Å². The Kier molecular flexibility index (Phi) is 3.63. The molecule has 0 aromatic heterocycles. The highest BCUT2D eigenvalue weighted by molar-refractivity contribution is 8.00. The maximum atomic E-state index is 6.47. The van der Waals surface area contributed by atoms with Crippen molar-refractivity contribution in [3.63, 3.8) is 0 Å². The average molecular weight is 269 g/mol. The molecule has 2 atom stereocenters. The van der Waals surface area contributed by atoms with Crippen molar-refractivity contribution in [1.29, 1.82) is 0 Å². The first-order valence-electron chi connectivity index (χ1n) is 6.81. The van der Waals surface area contributed by atoms with E-state index in [-0.39, 0.29) is 6.04 Å².